The number of aryl methyl sites for hydroxylation is 2. The molecule has 5 rings (SSSR count). The summed E-state index contributed by atoms with van der Waals surface area (Å²) in [5.74, 6) is 0.621. The highest BCUT2D eigenvalue weighted by Crippen LogP contribution is 2.37. The van der Waals surface area contributed by atoms with Gasteiger partial charge in [0.1, 0.15) is 7.05 Å². The van der Waals surface area contributed by atoms with Crippen LogP contribution < -0.4 is 4.57 Å². The van der Waals surface area contributed by atoms with Crippen LogP contribution in [0, 0.1) is 12.8 Å². The summed E-state index contributed by atoms with van der Waals surface area (Å²) in [4.78, 5) is 4.79. The van der Waals surface area contributed by atoms with Gasteiger partial charge in [0.25, 0.3) is 0 Å². The summed E-state index contributed by atoms with van der Waals surface area (Å²) in [5, 5.41) is 3.32. The minimum atomic E-state index is 0.621. The van der Waals surface area contributed by atoms with E-state index in [1.54, 1.807) is 0 Å². The topological polar surface area (TPSA) is 29.9 Å². The summed E-state index contributed by atoms with van der Waals surface area (Å²) in [7, 11) is 2.10. The van der Waals surface area contributed by atoms with Crippen molar-refractivity contribution in [2.45, 2.75) is 27.2 Å². The molecule has 0 fully saturated rings. The molecule has 0 atom stereocenters. The van der Waals surface area contributed by atoms with Gasteiger partial charge in [-0.15, -0.1) is 0 Å². The number of para-hydroxylation sites is 1. The molecule has 5 aromatic rings. The predicted octanol–water partition coefficient (Wildman–Crippen LogP) is 6.13. The summed E-state index contributed by atoms with van der Waals surface area (Å²) in [5.41, 5.74) is 7.46. The fourth-order valence-corrected chi connectivity index (χ4v) is 4.24. The van der Waals surface area contributed by atoms with Gasteiger partial charge in [-0.2, -0.15) is 0 Å². The van der Waals surface area contributed by atoms with E-state index in [1.165, 1.54) is 16.8 Å². The molecule has 0 aliphatic carbocycles. The first kappa shape index (κ1) is 17.9. The molecular formula is C26H25N2O+. The number of fused-ring (bicyclic) bond motifs is 4. The van der Waals surface area contributed by atoms with E-state index in [0.717, 1.165) is 39.2 Å². The van der Waals surface area contributed by atoms with Crippen molar-refractivity contribution < 1.29 is 8.98 Å². The molecule has 144 valence electrons. The van der Waals surface area contributed by atoms with E-state index < -0.39 is 0 Å². The van der Waals surface area contributed by atoms with Crippen LogP contribution in [0.4, 0.5) is 0 Å². The Hall–Kier alpha value is -3.20. The van der Waals surface area contributed by atoms with Gasteiger partial charge >= 0.3 is 0 Å². The van der Waals surface area contributed by atoms with Crippen molar-refractivity contribution in [1.82, 2.24) is 4.98 Å². The second-order valence-electron chi connectivity index (χ2n) is 8.40. The second kappa shape index (κ2) is 6.70. The molecule has 0 unspecified atom stereocenters. The number of pyridine rings is 2. The molecule has 0 saturated heterocycles. The Morgan fingerprint density at radius 3 is 2.66 bits per heavy atom. The second-order valence-corrected chi connectivity index (χ2v) is 8.40. The maximum absolute atomic E-state index is 6.38. The summed E-state index contributed by atoms with van der Waals surface area (Å²) < 4.78 is 8.56. The Bertz CT molecular complexity index is 1380. The molecule has 0 spiro atoms. The molecule has 0 amide bonds. The summed E-state index contributed by atoms with van der Waals surface area (Å²) >= 11 is 0. The van der Waals surface area contributed by atoms with Gasteiger partial charge in [-0.25, -0.2) is 9.55 Å². The normalized spacial score (nSPS) is 11.9. The third kappa shape index (κ3) is 2.98. The van der Waals surface area contributed by atoms with Crippen molar-refractivity contribution in [3.63, 3.8) is 0 Å². The highest BCUT2D eigenvalue weighted by atomic mass is 16.3. The standard InChI is InChI=1S/C26H25N2O/c1-16(2)13-18-11-12-28(4)23(14-18)24-17(3)9-10-20-21-15-19-7-5-6-8-22(19)27-26(21)29-25(20)24/h5-12,14-16H,13H2,1-4H3/q+1. The number of hydrogen-bond donors (Lipinski definition) is 0. The largest absolute Gasteiger partial charge is 0.437 e. The minimum absolute atomic E-state index is 0.621. The van der Waals surface area contributed by atoms with Crippen LogP contribution >= 0.6 is 0 Å². The summed E-state index contributed by atoms with van der Waals surface area (Å²) in [6.07, 6.45) is 3.22. The number of rotatable bonds is 3. The molecule has 0 saturated carbocycles. The smallest absolute Gasteiger partial charge is 0.227 e. The SMILES string of the molecule is Cc1ccc2c(oc3nc4ccccc4cc32)c1-c1cc(CC(C)C)cc[n+]1C. The maximum Gasteiger partial charge on any atom is 0.227 e. The van der Waals surface area contributed by atoms with Crippen molar-refractivity contribution >= 4 is 33.0 Å². The van der Waals surface area contributed by atoms with E-state index in [2.05, 4.69) is 75.0 Å². The third-order valence-corrected chi connectivity index (χ3v) is 5.66. The average molecular weight is 381 g/mol. The van der Waals surface area contributed by atoms with Gasteiger partial charge < -0.3 is 4.42 Å². The van der Waals surface area contributed by atoms with Gasteiger partial charge in [-0.1, -0.05) is 44.2 Å². The fraction of sp³-hybridized carbons (Fsp3) is 0.231. The van der Waals surface area contributed by atoms with Gasteiger partial charge in [0, 0.05) is 28.3 Å². The highest BCUT2D eigenvalue weighted by molar-refractivity contribution is 6.11. The van der Waals surface area contributed by atoms with Gasteiger partial charge in [0.2, 0.25) is 11.4 Å². The average Bonchev–Trinajstić information content (AvgIpc) is 3.05. The zero-order valence-electron chi connectivity index (χ0n) is 17.4. The molecule has 3 heteroatoms. The van der Waals surface area contributed by atoms with Crippen molar-refractivity contribution in [1.29, 1.82) is 0 Å². The van der Waals surface area contributed by atoms with E-state index >= 15 is 0 Å². The first-order valence-corrected chi connectivity index (χ1v) is 10.2. The van der Waals surface area contributed by atoms with Crippen LogP contribution in [0.2, 0.25) is 0 Å². The lowest BCUT2D eigenvalue weighted by atomic mass is 9.97. The van der Waals surface area contributed by atoms with Crippen LogP contribution in [-0.2, 0) is 13.5 Å². The number of aromatic nitrogens is 2. The van der Waals surface area contributed by atoms with Crippen molar-refractivity contribution in [2.75, 3.05) is 0 Å². The lowest BCUT2D eigenvalue weighted by Crippen LogP contribution is -2.31. The molecule has 3 heterocycles. The van der Waals surface area contributed by atoms with E-state index in [-0.39, 0.29) is 0 Å². The number of nitrogens with zero attached hydrogens (tertiary/aromatic N) is 2. The van der Waals surface area contributed by atoms with Gasteiger partial charge in [-0.05, 0) is 42.5 Å². The number of benzene rings is 2. The molecule has 29 heavy (non-hydrogen) atoms. The molecule has 3 nitrogen and oxygen atoms in total. The Balaban J connectivity index is 1.82. The summed E-state index contributed by atoms with van der Waals surface area (Å²) in [6, 6.07) is 19.3. The van der Waals surface area contributed by atoms with Gasteiger partial charge in [0.15, 0.2) is 11.8 Å². The van der Waals surface area contributed by atoms with Crippen LogP contribution in [0.3, 0.4) is 0 Å². The first-order chi connectivity index (χ1) is 14.0. The Morgan fingerprint density at radius 1 is 1.00 bits per heavy atom. The van der Waals surface area contributed by atoms with Crippen LogP contribution in [0.1, 0.15) is 25.0 Å². The third-order valence-electron chi connectivity index (χ3n) is 5.66. The van der Waals surface area contributed by atoms with E-state index in [9.17, 15) is 0 Å². The van der Waals surface area contributed by atoms with Crippen molar-refractivity contribution in [3.05, 3.63) is 71.9 Å². The van der Waals surface area contributed by atoms with E-state index in [0.29, 0.717) is 11.6 Å². The molecular weight excluding hydrogens is 356 g/mol. The predicted molar refractivity (Wildman–Crippen MR) is 119 cm³/mol. The highest BCUT2D eigenvalue weighted by Gasteiger charge is 2.21. The first-order valence-electron chi connectivity index (χ1n) is 10.2. The molecule has 2 aromatic carbocycles. The molecule has 0 aliphatic rings. The molecule has 0 N–H and O–H groups in total. The minimum Gasteiger partial charge on any atom is -0.437 e. The lowest BCUT2D eigenvalue weighted by Gasteiger charge is -2.09. The Morgan fingerprint density at radius 2 is 1.83 bits per heavy atom. The monoisotopic (exact) mass is 381 g/mol. The maximum atomic E-state index is 6.38. The molecule has 3 aromatic heterocycles. The van der Waals surface area contributed by atoms with Crippen LogP contribution in [-0.4, -0.2) is 4.98 Å². The van der Waals surface area contributed by atoms with Crippen LogP contribution in [0.15, 0.2) is 65.2 Å². The van der Waals surface area contributed by atoms with E-state index in [1.807, 2.05) is 18.2 Å². The Kier molecular flexibility index (Phi) is 4.13. The van der Waals surface area contributed by atoms with Crippen molar-refractivity contribution in [3.8, 4) is 11.3 Å². The fourth-order valence-electron chi connectivity index (χ4n) is 4.24. The van der Waals surface area contributed by atoms with Crippen molar-refractivity contribution in [2.24, 2.45) is 13.0 Å². The van der Waals surface area contributed by atoms with Crippen LogP contribution in [0.5, 0.6) is 0 Å². The zero-order chi connectivity index (χ0) is 20.1. The Labute approximate surface area is 170 Å². The van der Waals surface area contributed by atoms with E-state index in [4.69, 9.17) is 9.40 Å². The zero-order valence-corrected chi connectivity index (χ0v) is 17.4. The lowest BCUT2D eigenvalue weighted by molar-refractivity contribution is -0.660. The summed E-state index contributed by atoms with van der Waals surface area (Å²) in [6.45, 7) is 6.67. The molecule has 0 radical (unpaired) electrons. The van der Waals surface area contributed by atoms with Gasteiger partial charge in [-0.3, -0.25) is 0 Å². The number of hydrogen-bond acceptors (Lipinski definition) is 2. The molecule has 0 bridgehead atoms. The van der Waals surface area contributed by atoms with Gasteiger partial charge in [0.05, 0.1) is 11.1 Å². The number of furan rings is 1. The quantitative estimate of drug-likeness (QED) is 0.352. The van der Waals surface area contributed by atoms with Crippen LogP contribution in [0.25, 0.3) is 44.2 Å². The molecule has 0 aliphatic heterocycles.